The molecule has 33 heavy (non-hydrogen) atoms. The fourth-order valence-electron chi connectivity index (χ4n) is 3.37. The van der Waals surface area contributed by atoms with E-state index in [-0.39, 0.29) is 41.0 Å². The summed E-state index contributed by atoms with van der Waals surface area (Å²) in [5, 5.41) is 2.44. The molecule has 0 bridgehead atoms. The molecule has 0 aliphatic heterocycles. The fraction of sp³-hybridized carbons (Fsp3) is 0.273. The van der Waals surface area contributed by atoms with Gasteiger partial charge in [-0.25, -0.2) is 8.42 Å². The van der Waals surface area contributed by atoms with Crippen molar-refractivity contribution in [3.05, 3.63) is 75.6 Å². The number of rotatable bonds is 7. The second-order valence-corrected chi connectivity index (χ2v) is 9.15. The molecule has 0 saturated carbocycles. The highest BCUT2D eigenvalue weighted by molar-refractivity contribution is 7.89. The van der Waals surface area contributed by atoms with Crippen LogP contribution in [-0.4, -0.2) is 36.7 Å². The maximum absolute atomic E-state index is 12.9. The molecular weight excluding hydrogens is 459 g/mol. The molecule has 1 amide bonds. The van der Waals surface area contributed by atoms with E-state index in [1.54, 1.807) is 13.8 Å². The number of hydrogen-bond acceptors (Lipinski definition) is 4. The van der Waals surface area contributed by atoms with Gasteiger partial charge in [-0.05, 0) is 35.9 Å². The zero-order valence-electron chi connectivity index (χ0n) is 17.9. The first kappa shape index (κ1) is 24.5. The minimum atomic E-state index is -4.52. The number of halogens is 3. The van der Waals surface area contributed by atoms with E-state index in [1.807, 2.05) is 0 Å². The normalized spacial score (nSPS) is 12.3. The van der Waals surface area contributed by atoms with Gasteiger partial charge in [-0.3, -0.25) is 9.59 Å². The van der Waals surface area contributed by atoms with Gasteiger partial charge in [-0.1, -0.05) is 26.0 Å². The molecule has 1 aromatic heterocycles. The van der Waals surface area contributed by atoms with E-state index in [0.29, 0.717) is 5.52 Å². The van der Waals surface area contributed by atoms with Gasteiger partial charge in [-0.2, -0.15) is 17.5 Å². The van der Waals surface area contributed by atoms with E-state index in [9.17, 15) is 31.2 Å². The summed E-state index contributed by atoms with van der Waals surface area (Å²) in [7, 11) is -3.82. The second kappa shape index (κ2) is 9.36. The lowest BCUT2D eigenvalue weighted by Crippen LogP contribution is -2.31. The van der Waals surface area contributed by atoms with Crippen molar-refractivity contribution < 1.29 is 26.4 Å². The number of benzene rings is 2. The first-order chi connectivity index (χ1) is 15.5. The molecule has 0 radical (unpaired) electrons. The Labute approximate surface area is 188 Å². The maximum atomic E-state index is 12.9. The van der Waals surface area contributed by atoms with Gasteiger partial charge in [-0.15, -0.1) is 0 Å². The summed E-state index contributed by atoms with van der Waals surface area (Å²) in [5.74, 6) is -0.799. The Hall–Kier alpha value is -3.18. The number of nitrogens with one attached hydrogen (secondary N) is 2. The van der Waals surface area contributed by atoms with Crippen molar-refractivity contribution in [2.75, 3.05) is 13.1 Å². The average Bonchev–Trinajstić information content (AvgIpc) is 2.78. The van der Waals surface area contributed by atoms with Crippen LogP contribution in [0.1, 0.15) is 35.3 Å². The van der Waals surface area contributed by atoms with Crippen LogP contribution >= 0.6 is 0 Å². The number of amides is 1. The summed E-state index contributed by atoms with van der Waals surface area (Å²) in [6.07, 6.45) is -3.33. The number of hydrogen-bond donors (Lipinski definition) is 2. The number of H-pyrrole nitrogens is 1. The molecule has 1 heterocycles. The number of carbonyl (C=O) groups excluding carboxylic acids is 1. The number of sulfonamides is 1. The minimum Gasteiger partial charge on any atom is -0.360 e. The van der Waals surface area contributed by atoms with Gasteiger partial charge in [0.15, 0.2) is 0 Å². The van der Waals surface area contributed by atoms with Gasteiger partial charge >= 0.3 is 6.18 Å². The summed E-state index contributed by atoms with van der Waals surface area (Å²) >= 11 is 0. The van der Waals surface area contributed by atoms with Gasteiger partial charge in [0.2, 0.25) is 15.5 Å². The van der Waals surface area contributed by atoms with Crippen molar-refractivity contribution in [1.29, 1.82) is 0 Å². The largest absolute Gasteiger partial charge is 0.416 e. The van der Waals surface area contributed by atoms with Crippen LogP contribution in [0.25, 0.3) is 10.9 Å². The number of aromatic amines is 1. The number of aromatic nitrogens is 1. The van der Waals surface area contributed by atoms with E-state index in [0.717, 1.165) is 12.1 Å². The standard InChI is InChI=1S/C22H22F3N3O4S/c1-3-28(4-2)33(31,32)16-8-9-19-17(11-16)20(29)18(13-26-19)21(30)27-12-14-6-5-7-15(10-14)22(23,24)25/h5-11,13H,3-4,12H2,1-2H3,(H,26,29)(H,27,30). The number of alkyl halides is 3. The molecule has 0 saturated heterocycles. The lowest BCUT2D eigenvalue weighted by molar-refractivity contribution is -0.137. The summed E-state index contributed by atoms with van der Waals surface area (Å²) in [6.45, 7) is 3.68. The molecule has 176 valence electrons. The zero-order valence-corrected chi connectivity index (χ0v) is 18.7. The number of pyridine rings is 1. The van der Waals surface area contributed by atoms with Crippen LogP contribution in [0, 0.1) is 0 Å². The topological polar surface area (TPSA) is 99.3 Å². The lowest BCUT2D eigenvalue weighted by atomic mass is 10.1. The fourth-order valence-corrected chi connectivity index (χ4v) is 4.86. The molecule has 0 unspecified atom stereocenters. The first-order valence-electron chi connectivity index (χ1n) is 10.1. The number of carbonyl (C=O) groups is 1. The summed E-state index contributed by atoms with van der Waals surface area (Å²) in [6, 6.07) is 8.51. The van der Waals surface area contributed by atoms with Crippen LogP contribution in [0.4, 0.5) is 13.2 Å². The predicted octanol–water partition coefficient (Wildman–Crippen LogP) is 3.51. The first-order valence-corrected chi connectivity index (χ1v) is 11.5. The molecule has 0 aliphatic carbocycles. The van der Waals surface area contributed by atoms with Crippen molar-refractivity contribution in [2.24, 2.45) is 0 Å². The van der Waals surface area contributed by atoms with Crippen LogP contribution in [0.5, 0.6) is 0 Å². The maximum Gasteiger partial charge on any atom is 0.416 e. The minimum absolute atomic E-state index is 0.00921. The Bertz CT molecular complexity index is 1350. The summed E-state index contributed by atoms with van der Waals surface area (Å²) < 4.78 is 65.4. The number of nitrogens with zero attached hydrogens (tertiary/aromatic N) is 1. The van der Waals surface area contributed by atoms with Gasteiger partial charge in [0, 0.05) is 36.7 Å². The van der Waals surface area contributed by atoms with E-state index in [1.165, 1.54) is 40.8 Å². The van der Waals surface area contributed by atoms with Crippen LogP contribution in [0.2, 0.25) is 0 Å². The highest BCUT2D eigenvalue weighted by atomic mass is 32.2. The molecule has 3 aromatic rings. The third-order valence-electron chi connectivity index (χ3n) is 5.15. The van der Waals surface area contributed by atoms with E-state index >= 15 is 0 Å². The molecule has 0 fully saturated rings. The molecule has 0 atom stereocenters. The van der Waals surface area contributed by atoms with E-state index in [4.69, 9.17) is 0 Å². The molecule has 2 N–H and O–H groups in total. The Morgan fingerprint density at radius 2 is 1.79 bits per heavy atom. The Balaban J connectivity index is 1.90. The van der Waals surface area contributed by atoms with Crippen LogP contribution in [0.15, 0.2) is 58.4 Å². The molecule has 7 nitrogen and oxygen atoms in total. The van der Waals surface area contributed by atoms with E-state index < -0.39 is 33.1 Å². The highest BCUT2D eigenvalue weighted by Gasteiger charge is 2.30. The van der Waals surface area contributed by atoms with Gasteiger partial charge in [0.25, 0.3) is 5.91 Å². The average molecular weight is 481 g/mol. The molecule has 2 aromatic carbocycles. The summed E-state index contributed by atoms with van der Waals surface area (Å²) in [4.78, 5) is 28.2. The Morgan fingerprint density at radius 3 is 2.42 bits per heavy atom. The molecule has 0 spiro atoms. The van der Waals surface area contributed by atoms with Crippen molar-refractivity contribution >= 4 is 26.8 Å². The molecule has 3 rings (SSSR count). The van der Waals surface area contributed by atoms with Crippen LogP contribution < -0.4 is 10.7 Å². The monoisotopic (exact) mass is 481 g/mol. The Kier molecular flexibility index (Phi) is 6.94. The van der Waals surface area contributed by atoms with E-state index in [2.05, 4.69) is 10.3 Å². The second-order valence-electron chi connectivity index (χ2n) is 7.21. The van der Waals surface area contributed by atoms with Gasteiger partial charge in [0.05, 0.1) is 10.5 Å². The van der Waals surface area contributed by atoms with Crippen LogP contribution in [0.3, 0.4) is 0 Å². The molecule has 11 heteroatoms. The SMILES string of the molecule is CCN(CC)S(=O)(=O)c1ccc2[nH]cc(C(=O)NCc3cccc(C(F)(F)F)c3)c(=O)c2c1. The molecule has 0 aliphatic rings. The van der Waals surface area contributed by atoms with Crippen molar-refractivity contribution in [3.63, 3.8) is 0 Å². The van der Waals surface area contributed by atoms with Gasteiger partial charge in [0.1, 0.15) is 5.56 Å². The predicted molar refractivity (Wildman–Crippen MR) is 117 cm³/mol. The van der Waals surface area contributed by atoms with Crippen molar-refractivity contribution in [2.45, 2.75) is 31.5 Å². The van der Waals surface area contributed by atoms with Crippen molar-refractivity contribution in [3.8, 4) is 0 Å². The van der Waals surface area contributed by atoms with Crippen molar-refractivity contribution in [1.82, 2.24) is 14.6 Å². The third-order valence-corrected chi connectivity index (χ3v) is 7.19. The Morgan fingerprint density at radius 1 is 1.09 bits per heavy atom. The molecular formula is C22H22F3N3O4S. The highest BCUT2D eigenvalue weighted by Crippen LogP contribution is 2.29. The smallest absolute Gasteiger partial charge is 0.360 e. The number of fused-ring (bicyclic) bond motifs is 1. The summed E-state index contributed by atoms with van der Waals surface area (Å²) in [5.41, 5.74) is -1.27. The zero-order chi connectivity index (χ0) is 24.4. The quantitative estimate of drug-likeness (QED) is 0.540. The lowest BCUT2D eigenvalue weighted by Gasteiger charge is -2.18. The third kappa shape index (κ3) is 5.09. The van der Waals surface area contributed by atoms with Gasteiger partial charge < -0.3 is 10.3 Å². The van der Waals surface area contributed by atoms with Crippen LogP contribution in [-0.2, 0) is 22.7 Å².